The van der Waals surface area contributed by atoms with Crippen LogP contribution in [0.4, 0.5) is 5.69 Å². The Hall–Kier alpha value is -1.42. The zero-order chi connectivity index (χ0) is 11.4. The summed E-state index contributed by atoms with van der Waals surface area (Å²) >= 11 is 0. The minimum absolute atomic E-state index is 0.118. The average Bonchev–Trinajstić information content (AvgIpc) is 2.33. The fourth-order valence-electron chi connectivity index (χ4n) is 1.87. The summed E-state index contributed by atoms with van der Waals surface area (Å²) in [6, 6.07) is 3.79. The van der Waals surface area contributed by atoms with Crippen molar-refractivity contribution in [1.29, 1.82) is 0 Å². The van der Waals surface area contributed by atoms with Crippen molar-refractivity contribution < 1.29 is 4.79 Å². The number of piperidine rings is 1. The summed E-state index contributed by atoms with van der Waals surface area (Å²) in [6.07, 6.45) is 3.55. The molecule has 0 atom stereocenters. The molecule has 0 bridgehead atoms. The van der Waals surface area contributed by atoms with Gasteiger partial charge in [-0.25, -0.2) is 0 Å². The SMILES string of the molecule is Cc1ccc(NC(=O)C2CCNCC2)cn1. The summed E-state index contributed by atoms with van der Waals surface area (Å²) in [5.74, 6) is 0.259. The molecule has 1 aliphatic rings. The first-order valence-electron chi connectivity index (χ1n) is 5.70. The molecule has 1 aliphatic heterocycles. The van der Waals surface area contributed by atoms with Crippen LogP contribution in [0.25, 0.3) is 0 Å². The number of aromatic nitrogens is 1. The van der Waals surface area contributed by atoms with Gasteiger partial charge in [-0.1, -0.05) is 0 Å². The number of nitrogens with zero attached hydrogens (tertiary/aromatic N) is 1. The molecule has 1 amide bonds. The van der Waals surface area contributed by atoms with Crippen LogP contribution in [0.1, 0.15) is 18.5 Å². The van der Waals surface area contributed by atoms with Crippen molar-refractivity contribution in [2.75, 3.05) is 18.4 Å². The van der Waals surface area contributed by atoms with Crippen LogP contribution >= 0.6 is 0 Å². The van der Waals surface area contributed by atoms with E-state index in [1.165, 1.54) is 0 Å². The fourth-order valence-corrected chi connectivity index (χ4v) is 1.87. The number of amides is 1. The molecule has 0 unspecified atom stereocenters. The quantitative estimate of drug-likeness (QED) is 0.789. The third-order valence-electron chi connectivity index (χ3n) is 2.89. The molecule has 1 aromatic rings. The van der Waals surface area contributed by atoms with Gasteiger partial charge in [0.15, 0.2) is 0 Å². The van der Waals surface area contributed by atoms with Gasteiger partial charge < -0.3 is 10.6 Å². The molecule has 16 heavy (non-hydrogen) atoms. The number of rotatable bonds is 2. The number of anilines is 1. The number of carbonyl (C=O) groups is 1. The second-order valence-corrected chi connectivity index (χ2v) is 4.20. The normalized spacial score (nSPS) is 17.1. The highest BCUT2D eigenvalue weighted by molar-refractivity contribution is 5.92. The largest absolute Gasteiger partial charge is 0.324 e. The van der Waals surface area contributed by atoms with Gasteiger partial charge in [0.25, 0.3) is 0 Å². The van der Waals surface area contributed by atoms with E-state index >= 15 is 0 Å². The summed E-state index contributed by atoms with van der Waals surface area (Å²) < 4.78 is 0. The summed E-state index contributed by atoms with van der Waals surface area (Å²) in [7, 11) is 0. The van der Waals surface area contributed by atoms with Crippen LogP contribution in [0.15, 0.2) is 18.3 Å². The fraction of sp³-hybridized carbons (Fsp3) is 0.500. The van der Waals surface area contributed by atoms with E-state index in [4.69, 9.17) is 0 Å². The maximum atomic E-state index is 11.9. The molecule has 4 nitrogen and oxygen atoms in total. The standard InChI is InChI=1S/C12H17N3O/c1-9-2-3-11(8-14-9)15-12(16)10-4-6-13-7-5-10/h2-3,8,10,13H,4-7H2,1H3,(H,15,16). The molecule has 0 aliphatic carbocycles. The van der Waals surface area contributed by atoms with Gasteiger partial charge in [0, 0.05) is 11.6 Å². The van der Waals surface area contributed by atoms with Crippen molar-refractivity contribution in [2.24, 2.45) is 5.92 Å². The van der Waals surface area contributed by atoms with E-state index < -0.39 is 0 Å². The van der Waals surface area contributed by atoms with Crippen LogP contribution in [0.2, 0.25) is 0 Å². The Kier molecular flexibility index (Phi) is 3.51. The van der Waals surface area contributed by atoms with Gasteiger partial charge in [0.2, 0.25) is 5.91 Å². The van der Waals surface area contributed by atoms with Crippen LogP contribution in [0.3, 0.4) is 0 Å². The van der Waals surface area contributed by atoms with Crippen molar-refractivity contribution in [3.8, 4) is 0 Å². The molecule has 0 saturated carbocycles. The first-order valence-corrected chi connectivity index (χ1v) is 5.70. The Morgan fingerprint density at radius 2 is 2.19 bits per heavy atom. The second-order valence-electron chi connectivity index (χ2n) is 4.20. The molecule has 1 aromatic heterocycles. The molecule has 2 rings (SSSR count). The molecule has 0 spiro atoms. The number of hydrogen-bond acceptors (Lipinski definition) is 3. The molecular weight excluding hydrogens is 202 g/mol. The van der Waals surface area contributed by atoms with Crippen molar-refractivity contribution in [2.45, 2.75) is 19.8 Å². The van der Waals surface area contributed by atoms with Crippen LogP contribution in [0.5, 0.6) is 0 Å². The Labute approximate surface area is 95.5 Å². The third kappa shape index (κ3) is 2.79. The third-order valence-corrected chi connectivity index (χ3v) is 2.89. The Morgan fingerprint density at radius 1 is 1.44 bits per heavy atom. The zero-order valence-corrected chi connectivity index (χ0v) is 9.49. The van der Waals surface area contributed by atoms with E-state index in [-0.39, 0.29) is 11.8 Å². The van der Waals surface area contributed by atoms with E-state index in [0.717, 1.165) is 37.3 Å². The molecule has 0 aromatic carbocycles. The molecule has 0 radical (unpaired) electrons. The van der Waals surface area contributed by atoms with Crippen LogP contribution in [-0.4, -0.2) is 24.0 Å². The number of nitrogens with one attached hydrogen (secondary N) is 2. The lowest BCUT2D eigenvalue weighted by atomic mass is 9.97. The van der Waals surface area contributed by atoms with Crippen LogP contribution in [-0.2, 0) is 4.79 Å². The van der Waals surface area contributed by atoms with Crippen molar-refractivity contribution in [3.63, 3.8) is 0 Å². The smallest absolute Gasteiger partial charge is 0.227 e. The van der Waals surface area contributed by atoms with E-state index in [9.17, 15) is 4.79 Å². The summed E-state index contributed by atoms with van der Waals surface area (Å²) in [5, 5.41) is 6.16. The van der Waals surface area contributed by atoms with Gasteiger partial charge in [-0.15, -0.1) is 0 Å². The van der Waals surface area contributed by atoms with Gasteiger partial charge in [-0.2, -0.15) is 0 Å². The lowest BCUT2D eigenvalue weighted by Gasteiger charge is -2.21. The predicted molar refractivity (Wildman–Crippen MR) is 63.2 cm³/mol. The minimum Gasteiger partial charge on any atom is -0.324 e. The van der Waals surface area contributed by atoms with Crippen molar-refractivity contribution in [1.82, 2.24) is 10.3 Å². The summed E-state index contributed by atoms with van der Waals surface area (Å²) in [6.45, 7) is 3.80. The maximum Gasteiger partial charge on any atom is 0.227 e. The van der Waals surface area contributed by atoms with Crippen LogP contribution < -0.4 is 10.6 Å². The van der Waals surface area contributed by atoms with Gasteiger partial charge in [0.1, 0.15) is 0 Å². The molecule has 86 valence electrons. The lowest BCUT2D eigenvalue weighted by Crippen LogP contribution is -2.34. The van der Waals surface area contributed by atoms with E-state index in [2.05, 4.69) is 15.6 Å². The maximum absolute atomic E-state index is 11.9. The summed E-state index contributed by atoms with van der Waals surface area (Å²) in [5.41, 5.74) is 1.74. The number of pyridine rings is 1. The Bertz CT molecular complexity index is 355. The molecule has 1 saturated heterocycles. The number of carbonyl (C=O) groups excluding carboxylic acids is 1. The summed E-state index contributed by atoms with van der Waals surface area (Å²) in [4.78, 5) is 16.0. The highest BCUT2D eigenvalue weighted by Gasteiger charge is 2.20. The Morgan fingerprint density at radius 3 is 2.81 bits per heavy atom. The van der Waals surface area contributed by atoms with Gasteiger partial charge in [0.05, 0.1) is 11.9 Å². The topological polar surface area (TPSA) is 54.0 Å². The van der Waals surface area contributed by atoms with E-state index in [1.54, 1.807) is 6.20 Å². The first-order chi connectivity index (χ1) is 7.75. The Balaban J connectivity index is 1.93. The lowest BCUT2D eigenvalue weighted by molar-refractivity contribution is -0.120. The van der Waals surface area contributed by atoms with Gasteiger partial charge in [-0.05, 0) is 45.0 Å². The molecule has 4 heteroatoms. The van der Waals surface area contributed by atoms with Crippen molar-refractivity contribution in [3.05, 3.63) is 24.0 Å². The van der Waals surface area contributed by atoms with Crippen molar-refractivity contribution >= 4 is 11.6 Å². The highest BCUT2D eigenvalue weighted by Crippen LogP contribution is 2.15. The molecule has 2 N–H and O–H groups in total. The van der Waals surface area contributed by atoms with E-state index in [0.29, 0.717) is 0 Å². The van der Waals surface area contributed by atoms with Gasteiger partial charge >= 0.3 is 0 Å². The van der Waals surface area contributed by atoms with Crippen LogP contribution in [0, 0.1) is 12.8 Å². The molecule has 2 heterocycles. The first kappa shape index (κ1) is 11.1. The minimum atomic E-state index is 0.118. The number of aryl methyl sites for hydroxylation is 1. The second kappa shape index (κ2) is 5.07. The van der Waals surface area contributed by atoms with Gasteiger partial charge in [-0.3, -0.25) is 9.78 Å². The predicted octanol–water partition coefficient (Wildman–Crippen LogP) is 1.33. The highest BCUT2D eigenvalue weighted by atomic mass is 16.1. The number of hydrogen-bond donors (Lipinski definition) is 2. The molecular formula is C12H17N3O. The monoisotopic (exact) mass is 219 g/mol. The van der Waals surface area contributed by atoms with E-state index in [1.807, 2.05) is 19.1 Å². The zero-order valence-electron chi connectivity index (χ0n) is 9.49. The average molecular weight is 219 g/mol. The molecule has 1 fully saturated rings.